The third kappa shape index (κ3) is 3.06. The molecule has 1 aliphatic heterocycles. The number of carboxylic acids is 1. The molecule has 1 saturated heterocycles. The van der Waals surface area contributed by atoms with Gasteiger partial charge < -0.3 is 9.84 Å². The third-order valence-corrected chi connectivity index (χ3v) is 4.26. The molecule has 0 amide bonds. The van der Waals surface area contributed by atoms with Gasteiger partial charge in [-0.15, -0.1) is 0 Å². The zero-order valence-corrected chi connectivity index (χ0v) is 12.4. The Labute approximate surface area is 129 Å². The van der Waals surface area contributed by atoms with Crippen LogP contribution in [0.15, 0.2) is 42.5 Å². The van der Waals surface area contributed by atoms with E-state index in [0.29, 0.717) is 0 Å². The molecular weight excluding hydrogens is 284 g/mol. The van der Waals surface area contributed by atoms with E-state index >= 15 is 0 Å². The molecule has 1 saturated carbocycles. The molecular formula is C17H20O5. The van der Waals surface area contributed by atoms with E-state index in [4.69, 9.17) is 19.6 Å². The quantitative estimate of drug-likeness (QED) is 0.686. The van der Waals surface area contributed by atoms with Crippen molar-refractivity contribution >= 4 is 5.97 Å². The summed E-state index contributed by atoms with van der Waals surface area (Å²) >= 11 is 0. The number of carboxylic acid groups (broad SMARTS) is 1. The van der Waals surface area contributed by atoms with Crippen LogP contribution in [-0.4, -0.2) is 23.5 Å². The van der Waals surface area contributed by atoms with Gasteiger partial charge >= 0.3 is 5.97 Å². The maximum Gasteiger partial charge on any atom is 0.328 e. The van der Waals surface area contributed by atoms with Crippen molar-refractivity contribution in [2.75, 3.05) is 6.61 Å². The second kappa shape index (κ2) is 6.20. The van der Waals surface area contributed by atoms with Crippen LogP contribution in [0.5, 0.6) is 0 Å². The van der Waals surface area contributed by atoms with Gasteiger partial charge in [-0.1, -0.05) is 36.8 Å². The highest BCUT2D eigenvalue weighted by molar-refractivity contribution is 5.80. The van der Waals surface area contributed by atoms with Gasteiger partial charge in [0.15, 0.2) is 5.60 Å². The molecule has 2 fully saturated rings. The van der Waals surface area contributed by atoms with Gasteiger partial charge in [-0.3, -0.25) is 0 Å². The van der Waals surface area contributed by atoms with E-state index in [0.717, 1.165) is 37.3 Å². The number of ether oxygens (including phenoxy) is 1. The first-order valence-corrected chi connectivity index (χ1v) is 7.63. The maximum absolute atomic E-state index is 10.9. The van der Waals surface area contributed by atoms with Crippen LogP contribution in [0.2, 0.25) is 0 Å². The van der Waals surface area contributed by atoms with Crippen LogP contribution < -0.4 is 0 Å². The van der Waals surface area contributed by atoms with Gasteiger partial charge in [-0.05, 0) is 24.5 Å². The maximum atomic E-state index is 10.9. The topological polar surface area (TPSA) is 65.0 Å². The van der Waals surface area contributed by atoms with Crippen LogP contribution in [0.25, 0.3) is 0 Å². The molecule has 1 heterocycles. The summed E-state index contributed by atoms with van der Waals surface area (Å²) in [5.41, 5.74) is -0.222. The lowest BCUT2D eigenvalue weighted by atomic mass is 9.91. The minimum Gasteiger partial charge on any atom is -0.478 e. The largest absolute Gasteiger partial charge is 0.478 e. The highest BCUT2D eigenvalue weighted by Crippen LogP contribution is 2.42. The Morgan fingerprint density at radius 2 is 1.82 bits per heavy atom. The molecule has 1 spiro atoms. The van der Waals surface area contributed by atoms with Gasteiger partial charge in [0.2, 0.25) is 5.79 Å². The molecule has 1 unspecified atom stereocenters. The van der Waals surface area contributed by atoms with Crippen molar-refractivity contribution < 1.29 is 24.4 Å². The summed E-state index contributed by atoms with van der Waals surface area (Å²) in [4.78, 5) is 22.2. The predicted octanol–water partition coefficient (Wildman–Crippen LogP) is 3.16. The van der Waals surface area contributed by atoms with E-state index < -0.39 is 17.4 Å². The van der Waals surface area contributed by atoms with E-state index in [2.05, 4.69) is 0 Å². The van der Waals surface area contributed by atoms with Gasteiger partial charge in [0, 0.05) is 18.9 Å². The highest BCUT2D eigenvalue weighted by Gasteiger charge is 2.47. The molecule has 0 bridgehead atoms. The summed E-state index contributed by atoms with van der Waals surface area (Å²) in [6, 6.07) is 9.39. The Hall–Kier alpha value is -1.69. The standard InChI is InChI=1S/C17H20O5/c18-15(19)9-12-16(14-7-3-1-4-8-14)13-20-17(22-21-16)10-5-2-6-11-17/h1,3-4,7-9,12H,2,5-6,10-11,13H2,(H,18,19)/b12-9+. The minimum atomic E-state index is -1.03. The zero-order chi connectivity index (χ0) is 15.5. The number of benzene rings is 1. The van der Waals surface area contributed by atoms with Crippen molar-refractivity contribution in [2.24, 2.45) is 0 Å². The van der Waals surface area contributed by atoms with E-state index in [1.54, 1.807) is 0 Å². The normalized spacial score (nSPS) is 28.0. The van der Waals surface area contributed by atoms with E-state index in [-0.39, 0.29) is 6.61 Å². The van der Waals surface area contributed by atoms with Crippen molar-refractivity contribution in [2.45, 2.75) is 43.5 Å². The molecule has 5 heteroatoms. The zero-order valence-electron chi connectivity index (χ0n) is 12.4. The van der Waals surface area contributed by atoms with Crippen molar-refractivity contribution in [1.82, 2.24) is 0 Å². The molecule has 3 rings (SSSR count). The summed E-state index contributed by atoms with van der Waals surface area (Å²) in [5.74, 6) is -1.70. The number of hydrogen-bond acceptors (Lipinski definition) is 4. The average Bonchev–Trinajstić information content (AvgIpc) is 2.56. The first kappa shape index (κ1) is 15.2. The molecule has 0 radical (unpaired) electrons. The van der Waals surface area contributed by atoms with Crippen molar-refractivity contribution in [3.05, 3.63) is 48.0 Å². The van der Waals surface area contributed by atoms with Crippen molar-refractivity contribution in [3.8, 4) is 0 Å². The van der Waals surface area contributed by atoms with Crippen LogP contribution in [0.4, 0.5) is 0 Å². The highest BCUT2D eigenvalue weighted by atomic mass is 17.2. The Balaban J connectivity index is 1.84. The van der Waals surface area contributed by atoms with Crippen LogP contribution in [-0.2, 0) is 24.9 Å². The molecule has 1 atom stereocenters. The lowest BCUT2D eigenvalue weighted by Gasteiger charge is -2.45. The Morgan fingerprint density at radius 1 is 1.09 bits per heavy atom. The van der Waals surface area contributed by atoms with Crippen LogP contribution in [0.3, 0.4) is 0 Å². The summed E-state index contributed by atoms with van der Waals surface area (Å²) in [7, 11) is 0. The van der Waals surface area contributed by atoms with E-state index in [1.807, 2.05) is 30.3 Å². The predicted molar refractivity (Wildman–Crippen MR) is 78.8 cm³/mol. The van der Waals surface area contributed by atoms with Crippen LogP contribution in [0.1, 0.15) is 37.7 Å². The minimum absolute atomic E-state index is 0.237. The number of rotatable bonds is 3. The molecule has 1 aromatic rings. The summed E-state index contributed by atoms with van der Waals surface area (Å²) in [6.07, 6.45) is 7.44. The van der Waals surface area contributed by atoms with Gasteiger partial charge in [-0.25, -0.2) is 9.68 Å². The van der Waals surface area contributed by atoms with Gasteiger partial charge in [0.1, 0.15) is 0 Å². The van der Waals surface area contributed by atoms with Crippen molar-refractivity contribution in [1.29, 1.82) is 0 Å². The van der Waals surface area contributed by atoms with Crippen molar-refractivity contribution in [3.63, 3.8) is 0 Å². The van der Waals surface area contributed by atoms with Gasteiger partial charge in [-0.2, -0.15) is 4.89 Å². The van der Waals surface area contributed by atoms with E-state index in [9.17, 15) is 4.79 Å². The van der Waals surface area contributed by atoms with Gasteiger partial charge in [0.05, 0.1) is 6.61 Å². The lowest BCUT2D eigenvalue weighted by molar-refractivity contribution is -0.512. The summed E-state index contributed by atoms with van der Waals surface area (Å²) in [5, 5.41) is 8.92. The summed E-state index contributed by atoms with van der Waals surface area (Å²) < 4.78 is 6.02. The fourth-order valence-electron chi connectivity index (χ4n) is 2.98. The molecule has 1 aliphatic carbocycles. The molecule has 0 aromatic heterocycles. The number of hydrogen-bond donors (Lipinski definition) is 1. The molecule has 1 N–H and O–H groups in total. The van der Waals surface area contributed by atoms with Crippen LogP contribution in [0, 0.1) is 0 Å². The van der Waals surface area contributed by atoms with Gasteiger partial charge in [0.25, 0.3) is 0 Å². The first-order valence-electron chi connectivity index (χ1n) is 7.63. The SMILES string of the molecule is O=C(O)/C=C/C1(c2ccccc2)COC2(CCCCC2)OO1. The first-order chi connectivity index (χ1) is 10.6. The molecule has 5 nitrogen and oxygen atoms in total. The second-order valence-electron chi connectivity index (χ2n) is 5.85. The monoisotopic (exact) mass is 304 g/mol. The molecule has 1 aromatic carbocycles. The number of carbonyl (C=O) groups is 1. The Bertz CT molecular complexity index is 535. The lowest BCUT2D eigenvalue weighted by Crippen LogP contribution is -2.50. The molecule has 118 valence electrons. The number of aliphatic carboxylic acids is 1. The second-order valence-corrected chi connectivity index (χ2v) is 5.85. The molecule has 22 heavy (non-hydrogen) atoms. The fraction of sp³-hybridized carbons (Fsp3) is 0.471. The summed E-state index contributed by atoms with van der Waals surface area (Å²) in [6.45, 7) is 0.237. The Kier molecular flexibility index (Phi) is 4.29. The fourth-order valence-corrected chi connectivity index (χ4v) is 2.98. The van der Waals surface area contributed by atoms with E-state index in [1.165, 1.54) is 12.5 Å². The van der Waals surface area contributed by atoms with Crippen LogP contribution >= 0.6 is 0 Å². The smallest absolute Gasteiger partial charge is 0.328 e. The average molecular weight is 304 g/mol. The Morgan fingerprint density at radius 3 is 2.41 bits per heavy atom. The molecule has 2 aliphatic rings. The third-order valence-electron chi connectivity index (χ3n) is 4.26.